The van der Waals surface area contributed by atoms with Crippen LogP contribution < -0.4 is 4.90 Å². The molecule has 0 bridgehead atoms. The Labute approximate surface area is 211 Å². The number of hydrogen-bond acceptors (Lipinski definition) is 3. The molecule has 4 aromatic rings. The molecule has 35 heavy (non-hydrogen) atoms. The summed E-state index contributed by atoms with van der Waals surface area (Å²) in [6.45, 7) is 2.24. The highest BCUT2D eigenvalue weighted by molar-refractivity contribution is 9.10. The van der Waals surface area contributed by atoms with Gasteiger partial charge in [-0.3, -0.25) is 14.4 Å². The second-order valence-corrected chi connectivity index (χ2v) is 9.66. The van der Waals surface area contributed by atoms with Crippen molar-refractivity contribution in [1.82, 2.24) is 9.88 Å². The van der Waals surface area contributed by atoms with Crippen LogP contribution in [0.2, 0.25) is 0 Å². The van der Waals surface area contributed by atoms with Gasteiger partial charge in [0.05, 0.1) is 12.1 Å². The van der Waals surface area contributed by atoms with Gasteiger partial charge in [0.1, 0.15) is 6.04 Å². The number of H-pyrrole nitrogens is 1. The van der Waals surface area contributed by atoms with E-state index in [1.807, 2.05) is 55.6 Å². The zero-order valence-corrected chi connectivity index (χ0v) is 20.8. The van der Waals surface area contributed by atoms with Crippen LogP contribution in [0.3, 0.4) is 0 Å². The summed E-state index contributed by atoms with van der Waals surface area (Å²) in [7, 11) is 0. The molecule has 0 radical (unpaired) electrons. The van der Waals surface area contributed by atoms with Crippen molar-refractivity contribution in [2.45, 2.75) is 25.8 Å². The zero-order chi connectivity index (χ0) is 24.5. The van der Waals surface area contributed by atoms with Gasteiger partial charge in [0.2, 0.25) is 5.91 Å². The first-order valence-corrected chi connectivity index (χ1v) is 12.3. The van der Waals surface area contributed by atoms with Gasteiger partial charge in [-0.2, -0.15) is 0 Å². The molecule has 1 N–H and O–H groups in total. The number of halogens is 1. The first-order valence-electron chi connectivity index (χ1n) is 11.5. The predicted octanol–water partition coefficient (Wildman–Crippen LogP) is 5.26. The number of carbonyl (C=O) groups is 3. The van der Waals surface area contributed by atoms with Gasteiger partial charge in [0, 0.05) is 33.7 Å². The molecular weight excluding hydrogens is 506 g/mol. The molecular formula is C28H24BrN3O3. The van der Waals surface area contributed by atoms with Crippen LogP contribution in [0.15, 0.2) is 83.5 Å². The molecule has 0 spiro atoms. The normalized spacial score (nSPS) is 15.7. The average Bonchev–Trinajstić information content (AvgIpc) is 3.40. The molecule has 1 aliphatic rings. The van der Waals surface area contributed by atoms with Crippen molar-refractivity contribution < 1.29 is 14.4 Å². The molecule has 3 amide bonds. The minimum Gasteiger partial charge on any atom is -0.361 e. The van der Waals surface area contributed by atoms with Crippen molar-refractivity contribution in [2.24, 2.45) is 0 Å². The standard InChI is InChI=1S/C28H24BrN3O3/c1-18-5-4-6-19(15-18)27(34)31(14-13-20-17-30-24-8-3-2-7-23(20)24)25-16-26(33)32(28(25)35)22-11-9-21(29)10-12-22/h2-12,15,17,25,30H,13-14,16H2,1H3. The van der Waals surface area contributed by atoms with E-state index in [0.717, 1.165) is 26.5 Å². The maximum absolute atomic E-state index is 13.7. The smallest absolute Gasteiger partial charge is 0.257 e. The van der Waals surface area contributed by atoms with Gasteiger partial charge >= 0.3 is 0 Å². The number of aromatic nitrogens is 1. The van der Waals surface area contributed by atoms with E-state index in [2.05, 4.69) is 20.9 Å². The molecule has 0 saturated carbocycles. The molecule has 176 valence electrons. The van der Waals surface area contributed by atoms with E-state index in [-0.39, 0.29) is 24.1 Å². The molecule has 6 nitrogen and oxygen atoms in total. The third kappa shape index (κ3) is 4.51. The summed E-state index contributed by atoms with van der Waals surface area (Å²) >= 11 is 3.38. The number of nitrogens with one attached hydrogen (secondary N) is 1. The van der Waals surface area contributed by atoms with E-state index in [9.17, 15) is 14.4 Å². The number of anilines is 1. The minimum atomic E-state index is -0.857. The van der Waals surface area contributed by atoms with E-state index in [1.165, 1.54) is 4.90 Å². The van der Waals surface area contributed by atoms with Crippen LogP contribution in [-0.4, -0.2) is 40.2 Å². The molecule has 5 rings (SSSR count). The van der Waals surface area contributed by atoms with Crippen LogP contribution in [0.4, 0.5) is 5.69 Å². The SMILES string of the molecule is Cc1cccc(C(=O)N(CCc2c[nH]c3ccccc23)C2CC(=O)N(c3ccc(Br)cc3)C2=O)c1. The Balaban J connectivity index is 1.46. The Hall–Kier alpha value is -3.71. The lowest BCUT2D eigenvalue weighted by molar-refractivity contribution is -0.122. The van der Waals surface area contributed by atoms with Gasteiger partial charge in [-0.1, -0.05) is 51.8 Å². The number of para-hydroxylation sites is 1. The summed E-state index contributed by atoms with van der Waals surface area (Å²) in [5.41, 5.74) is 4.05. The van der Waals surface area contributed by atoms with E-state index in [0.29, 0.717) is 24.2 Å². The molecule has 2 heterocycles. The Morgan fingerprint density at radius 1 is 1.06 bits per heavy atom. The molecule has 1 aromatic heterocycles. The number of aromatic amines is 1. The summed E-state index contributed by atoms with van der Waals surface area (Å²) in [5.74, 6) is -0.939. The highest BCUT2D eigenvalue weighted by atomic mass is 79.9. The summed E-state index contributed by atoms with van der Waals surface area (Å²) < 4.78 is 0.854. The number of aryl methyl sites for hydroxylation is 1. The third-order valence-corrected chi connectivity index (χ3v) is 6.94. The topological polar surface area (TPSA) is 73.5 Å². The number of fused-ring (bicyclic) bond motifs is 1. The Kier molecular flexibility index (Phi) is 6.26. The first kappa shape index (κ1) is 23.1. The van der Waals surface area contributed by atoms with E-state index < -0.39 is 6.04 Å². The first-order chi connectivity index (χ1) is 16.9. The molecule has 1 atom stereocenters. The quantitative estimate of drug-likeness (QED) is 0.346. The molecule has 1 unspecified atom stereocenters. The van der Waals surface area contributed by atoms with Crippen LogP contribution in [0, 0.1) is 6.92 Å². The number of carbonyl (C=O) groups excluding carboxylic acids is 3. The van der Waals surface area contributed by atoms with Gasteiger partial charge in [0.25, 0.3) is 11.8 Å². The van der Waals surface area contributed by atoms with Crippen molar-refractivity contribution in [3.8, 4) is 0 Å². The molecule has 1 aliphatic heterocycles. The van der Waals surface area contributed by atoms with E-state index >= 15 is 0 Å². The minimum absolute atomic E-state index is 0.0413. The Morgan fingerprint density at radius 2 is 1.83 bits per heavy atom. The van der Waals surface area contributed by atoms with Crippen LogP contribution in [0.25, 0.3) is 10.9 Å². The number of hydrogen-bond donors (Lipinski definition) is 1. The van der Waals surface area contributed by atoms with Crippen LogP contribution in [0.1, 0.15) is 27.9 Å². The molecule has 1 fully saturated rings. The summed E-state index contributed by atoms with van der Waals surface area (Å²) in [6.07, 6.45) is 2.45. The fourth-order valence-corrected chi connectivity index (χ4v) is 4.91. The van der Waals surface area contributed by atoms with E-state index in [4.69, 9.17) is 0 Å². The lowest BCUT2D eigenvalue weighted by Gasteiger charge is -2.28. The number of nitrogens with zero attached hydrogens (tertiary/aromatic N) is 2. The van der Waals surface area contributed by atoms with Crippen LogP contribution in [-0.2, 0) is 16.0 Å². The number of benzene rings is 3. The number of rotatable bonds is 6. The van der Waals surface area contributed by atoms with Gasteiger partial charge in [-0.15, -0.1) is 0 Å². The zero-order valence-electron chi connectivity index (χ0n) is 19.2. The third-order valence-electron chi connectivity index (χ3n) is 6.41. The lowest BCUT2D eigenvalue weighted by atomic mass is 10.1. The average molecular weight is 530 g/mol. The molecule has 0 aliphatic carbocycles. The fourth-order valence-electron chi connectivity index (χ4n) is 4.64. The Bertz CT molecular complexity index is 1430. The second kappa shape index (κ2) is 9.50. The van der Waals surface area contributed by atoms with Crippen molar-refractivity contribution in [3.63, 3.8) is 0 Å². The number of amides is 3. The van der Waals surface area contributed by atoms with E-state index in [1.54, 1.807) is 35.2 Å². The maximum Gasteiger partial charge on any atom is 0.257 e. The monoisotopic (exact) mass is 529 g/mol. The molecule has 3 aromatic carbocycles. The highest BCUT2D eigenvalue weighted by Crippen LogP contribution is 2.28. The highest BCUT2D eigenvalue weighted by Gasteiger charge is 2.44. The van der Waals surface area contributed by atoms with Crippen LogP contribution in [0.5, 0.6) is 0 Å². The summed E-state index contributed by atoms with van der Waals surface area (Å²) in [5, 5.41) is 1.08. The van der Waals surface area contributed by atoms with Gasteiger partial charge < -0.3 is 9.88 Å². The number of imide groups is 1. The molecule has 1 saturated heterocycles. The molecule has 7 heteroatoms. The summed E-state index contributed by atoms with van der Waals surface area (Å²) in [6, 6.07) is 21.5. The fraction of sp³-hybridized carbons (Fsp3) is 0.179. The Morgan fingerprint density at radius 3 is 2.60 bits per heavy atom. The predicted molar refractivity (Wildman–Crippen MR) is 139 cm³/mol. The van der Waals surface area contributed by atoms with Crippen molar-refractivity contribution in [2.75, 3.05) is 11.4 Å². The van der Waals surface area contributed by atoms with Gasteiger partial charge in [0.15, 0.2) is 0 Å². The largest absolute Gasteiger partial charge is 0.361 e. The van der Waals surface area contributed by atoms with Gasteiger partial charge in [-0.25, -0.2) is 4.90 Å². The van der Waals surface area contributed by atoms with Crippen molar-refractivity contribution in [1.29, 1.82) is 0 Å². The van der Waals surface area contributed by atoms with Gasteiger partial charge in [-0.05, 0) is 61.4 Å². The van der Waals surface area contributed by atoms with Crippen LogP contribution >= 0.6 is 15.9 Å². The summed E-state index contributed by atoms with van der Waals surface area (Å²) in [4.78, 5) is 46.2. The lowest BCUT2D eigenvalue weighted by Crippen LogP contribution is -2.46. The van der Waals surface area contributed by atoms with Crippen molar-refractivity contribution in [3.05, 3.63) is 100 Å². The maximum atomic E-state index is 13.7. The van der Waals surface area contributed by atoms with Crippen molar-refractivity contribution >= 4 is 50.2 Å². The second-order valence-electron chi connectivity index (χ2n) is 8.74.